The van der Waals surface area contributed by atoms with Crippen LogP contribution in [-0.2, 0) is 11.2 Å². The smallest absolute Gasteiger partial charge is 0.338 e. The second-order valence-electron chi connectivity index (χ2n) is 5.51. The minimum Gasteiger partial charge on any atom is -0.462 e. The topological polar surface area (TPSA) is 29.5 Å². The van der Waals surface area contributed by atoms with Crippen LogP contribution in [0.2, 0.25) is 0 Å². The molecule has 0 aliphatic heterocycles. The Labute approximate surface area is 138 Å². The summed E-state index contributed by atoms with van der Waals surface area (Å²) in [5.74, 6) is -0.274. The maximum atomic E-state index is 11.6. The van der Waals surface area contributed by atoms with E-state index in [4.69, 9.17) is 4.74 Å². The van der Waals surface area contributed by atoms with Gasteiger partial charge in [0.1, 0.15) is 0 Å². The van der Waals surface area contributed by atoms with Gasteiger partial charge in [0.05, 0.1) is 12.2 Å². The van der Waals surface area contributed by atoms with Crippen LogP contribution in [0.4, 0.5) is 5.69 Å². The van der Waals surface area contributed by atoms with Gasteiger partial charge in [0, 0.05) is 19.8 Å². The van der Waals surface area contributed by atoms with Crippen molar-refractivity contribution in [3.8, 4) is 0 Å². The predicted molar refractivity (Wildman–Crippen MR) is 95.9 cm³/mol. The van der Waals surface area contributed by atoms with Gasteiger partial charge < -0.3 is 9.64 Å². The van der Waals surface area contributed by atoms with Gasteiger partial charge in [0.25, 0.3) is 0 Å². The van der Waals surface area contributed by atoms with Gasteiger partial charge in [-0.1, -0.05) is 36.4 Å². The van der Waals surface area contributed by atoms with Crippen molar-refractivity contribution in [3.05, 3.63) is 71.3 Å². The first kappa shape index (κ1) is 16.8. The predicted octanol–water partition coefficient (Wildman–Crippen LogP) is 4.19. The Bertz CT molecular complexity index is 655. The van der Waals surface area contributed by atoms with Crippen LogP contribution in [0.5, 0.6) is 0 Å². The molecule has 0 amide bonds. The summed E-state index contributed by atoms with van der Waals surface area (Å²) >= 11 is 0. The lowest BCUT2D eigenvalue weighted by Crippen LogP contribution is -2.08. The van der Waals surface area contributed by atoms with E-state index in [2.05, 4.69) is 41.3 Å². The molecule has 23 heavy (non-hydrogen) atoms. The molecule has 3 heteroatoms. The number of esters is 1. The number of ether oxygens (including phenoxy) is 1. The maximum Gasteiger partial charge on any atom is 0.338 e. The van der Waals surface area contributed by atoms with E-state index >= 15 is 0 Å². The van der Waals surface area contributed by atoms with Crippen LogP contribution in [0, 0.1) is 0 Å². The summed E-state index contributed by atoms with van der Waals surface area (Å²) in [4.78, 5) is 13.7. The van der Waals surface area contributed by atoms with Gasteiger partial charge in [0.15, 0.2) is 0 Å². The monoisotopic (exact) mass is 309 g/mol. The summed E-state index contributed by atoms with van der Waals surface area (Å²) in [6, 6.07) is 16.0. The lowest BCUT2D eigenvalue weighted by atomic mass is 10.1. The van der Waals surface area contributed by atoms with Crippen LogP contribution >= 0.6 is 0 Å². The Morgan fingerprint density at radius 2 is 1.70 bits per heavy atom. The number of hydrogen-bond donors (Lipinski definition) is 0. The zero-order chi connectivity index (χ0) is 16.7. The van der Waals surface area contributed by atoms with E-state index in [1.807, 2.05) is 26.2 Å². The molecule has 0 radical (unpaired) electrons. The summed E-state index contributed by atoms with van der Waals surface area (Å²) in [7, 11) is 4.07. The van der Waals surface area contributed by atoms with Crippen molar-refractivity contribution in [2.45, 2.75) is 13.3 Å². The van der Waals surface area contributed by atoms with Crippen molar-refractivity contribution in [2.75, 3.05) is 25.6 Å². The average Bonchev–Trinajstić information content (AvgIpc) is 2.56. The fraction of sp³-hybridized carbons (Fsp3) is 0.250. The molecule has 0 heterocycles. The Morgan fingerprint density at radius 1 is 1.04 bits per heavy atom. The van der Waals surface area contributed by atoms with Crippen LogP contribution in [0.25, 0.3) is 6.08 Å². The summed E-state index contributed by atoms with van der Waals surface area (Å²) in [5, 5.41) is 0. The molecule has 0 bridgehead atoms. The Balaban J connectivity index is 1.93. The SMILES string of the molecule is CCOC(=O)c1ccc(/C=C/Cc2ccc(N(C)C)cc2)cc1. The third-order valence-corrected chi connectivity index (χ3v) is 3.54. The number of benzene rings is 2. The van der Waals surface area contributed by atoms with E-state index in [-0.39, 0.29) is 5.97 Å². The molecule has 0 unspecified atom stereocenters. The highest BCUT2D eigenvalue weighted by molar-refractivity contribution is 5.89. The number of hydrogen-bond acceptors (Lipinski definition) is 3. The molecule has 0 aliphatic rings. The number of carbonyl (C=O) groups is 1. The minimum atomic E-state index is -0.274. The van der Waals surface area contributed by atoms with Gasteiger partial charge >= 0.3 is 5.97 Å². The molecule has 2 aromatic rings. The van der Waals surface area contributed by atoms with Gasteiger partial charge in [-0.3, -0.25) is 0 Å². The molecule has 120 valence electrons. The minimum absolute atomic E-state index is 0.274. The summed E-state index contributed by atoms with van der Waals surface area (Å²) in [5.41, 5.74) is 4.13. The first-order valence-corrected chi connectivity index (χ1v) is 7.80. The van der Waals surface area contributed by atoms with Crippen molar-refractivity contribution < 1.29 is 9.53 Å². The normalized spacial score (nSPS) is 10.7. The molecule has 0 saturated heterocycles. The first-order valence-electron chi connectivity index (χ1n) is 7.80. The zero-order valence-electron chi connectivity index (χ0n) is 14.0. The lowest BCUT2D eigenvalue weighted by molar-refractivity contribution is 0.0526. The fourth-order valence-corrected chi connectivity index (χ4v) is 2.21. The first-order chi connectivity index (χ1) is 11.1. The molecular weight excluding hydrogens is 286 g/mol. The molecule has 0 aliphatic carbocycles. The molecule has 0 N–H and O–H groups in total. The van der Waals surface area contributed by atoms with E-state index in [0.29, 0.717) is 12.2 Å². The lowest BCUT2D eigenvalue weighted by Gasteiger charge is -2.12. The summed E-state index contributed by atoms with van der Waals surface area (Å²) < 4.78 is 4.97. The van der Waals surface area contributed by atoms with Crippen LogP contribution in [-0.4, -0.2) is 26.7 Å². The van der Waals surface area contributed by atoms with Gasteiger partial charge in [0.2, 0.25) is 0 Å². The largest absolute Gasteiger partial charge is 0.462 e. The third-order valence-electron chi connectivity index (χ3n) is 3.54. The third kappa shape index (κ3) is 4.99. The van der Waals surface area contributed by atoms with E-state index in [1.54, 1.807) is 19.1 Å². The molecule has 2 rings (SSSR count). The maximum absolute atomic E-state index is 11.6. The number of anilines is 1. The van der Waals surface area contributed by atoms with Gasteiger partial charge in [-0.2, -0.15) is 0 Å². The Hall–Kier alpha value is -2.55. The zero-order valence-corrected chi connectivity index (χ0v) is 14.0. The Kier molecular flexibility index (Phi) is 5.98. The van der Waals surface area contributed by atoms with Crippen molar-refractivity contribution >= 4 is 17.7 Å². The van der Waals surface area contributed by atoms with Crippen LogP contribution in [0.1, 0.15) is 28.4 Å². The standard InChI is InChI=1S/C20H23NO2/c1-4-23-20(22)18-12-8-16(9-13-18)6-5-7-17-10-14-19(15-11-17)21(2)3/h5-6,8-15H,4,7H2,1-3H3/b6-5+. The van der Waals surface area contributed by atoms with Crippen molar-refractivity contribution in [1.82, 2.24) is 0 Å². The Morgan fingerprint density at radius 3 is 2.26 bits per heavy atom. The van der Waals surface area contributed by atoms with Crippen LogP contribution < -0.4 is 4.90 Å². The quantitative estimate of drug-likeness (QED) is 0.750. The molecular formula is C20H23NO2. The molecule has 0 fully saturated rings. The molecule has 0 atom stereocenters. The summed E-state index contributed by atoms with van der Waals surface area (Å²) in [6.07, 6.45) is 5.08. The van der Waals surface area contributed by atoms with E-state index < -0.39 is 0 Å². The van der Waals surface area contributed by atoms with Crippen molar-refractivity contribution in [2.24, 2.45) is 0 Å². The summed E-state index contributed by atoms with van der Waals surface area (Å²) in [6.45, 7) is 2.20. The van der Waals surface area contributed by atoms with Crippen molar-refractivity contribution in [1.29, 1.82) is 0 Å². The highest BCUT2D eigenvalue weighted by atomic mass is 16.5. The molecule has 3 nitrogen and oxygen atoms in total. The molecule has 0 aromatic heterocycles. The highest BCUT2D eigenvalue weighted by Gasteiger charge is 2.04. The number of nitrogens with zero attached hydrogens (tertiary/aromatic N) is 1. The van der Waals surface area contributed by atoms with E-state index in [1.165, 1.54) is 11.3 Å². The number of allylic oxidation sites excluding steroid dienone is 1. The fourth-order valence-electron chi connectivity index (χ4n) is 2.21. The van der Waals surface area contributed by atoms with E-state index in [9.17, 15) is 4.79 Å². The van der Waals surface area contributed by atoms with Gasteiger partial charge in [-0.25, -0.2) is 4.79 Å². The molecule has 0 spiro atoms. The van der Waals surface area contributed by atoms with Crippen molar-refractivity contribution in [3.63, 3.8) is 0 Å². The average molecular weight is 309 g/mol. The number of carbonyl (C=O) groups excluding carboxylic acids is 1. The van der Waals surface area contributed by atoms with E-state index in [0.717, 1.165) is 12.0 Å². The van der Waals surface area contributed by atoms with Crippen LogP contribution in [0.15, 0.2) is 54.6 Å². The van der Waals surface area contributed by atoms with Gasteiger partial charge in [-0.15, -0.1) is 0 Å². The molecule has 2 aromatic carbocycles. The highest BCUT2D eigenvalue weighted by Crippen LogP contribution is 2.13. The van der Waals surface area contributed by atoms with Gasteiger partial charge in [-0.05, 0) is 48.7 Å². The second kappa shape index (κ2) is 8.18. The van der Waals surface area contributed by atoms with Crippen LogP contribution in [0.3, 0.4) is 0 Å². The second-order valence-corrected chi connectivity index (χ2v) is 5.51. The molecule has 0 saturated carbocycles. The number of rotatable bonds is 6.